The first-order chi connectivity index (χ1) is 16.6. The van der Waals surface area contributed by atoms with Gasteiger partial charge in [0.15, 0.2) is 5.78 Å². The van der Waals surface area contributed by atoms with Crippen molar-refractivity contribution in [2.45, 2.75) is 52.4 Å². The number of hydrogen-bond donors (Lipinski definition) is 0. The van der Waals surface area contributed by atoms with Gasteiger partial charge in [0, 0.05) is 17.8 Å². The third-order valence-electron chi connectivity index (χ3n) is 7.14. The van der Waals surface area contributed by atoms with E-state index in [4.69, 9.17) is 14.0 Å². The van der Waals surface area contributed by atoms with E-state index in [1.807, 2.05) is 73.7 Å². The molecule has 0 bridgehead atoms. The number of carbonyl (C=O) groups is 1. The SMILES string of the molecule is COc1ccc(N(CC(=O)c2ccccc2C)Cc2ccccc2B2OC(C)(C)C(C)(C)O2)cc1. The Balaban J connectivity index is 1.66. The van der Waals surface area contributed by atoms with Gasteiger partial charge in [-0.1, -0.05) is 48.5 Å². The first kappa shape index (κ1) is 25.0. The topological polar surface area (TPSA) is 48.0 Å². The number of Topliss-reactive ketones (excluding diaryl/α,β-unsaturated/α-hetero) is 1. The molecule has 0 amide bonds. The van der Waals surface area contributed by atoms with Crippen molar-refractivity contribution in [3.63, 3.8) is 0 Å². The van der Waals surface area contributed by atoms with E-state index in [0.717, 1.165) is 33.6 Å². The number of anilines is 1. The van der Waals surface area contributed by atoms with E-state index in [2.05, 4.69) is 38.7 Å². The molecule has 0 aromatic heterocycles. The highest BCUT2D eigenvalue weighted by molar-refractivity contribution is 6.62. The van der Waals surface area contributed by atoms with Crippen LogP contribution in [0.3, 0.4) is 0 Å². The maximum Gasteiger partial charge on any atom is 0.495 e. The van der Waals surface area contributed by atoms with Crippen LogP contribution in [0.25, 0.3) is 0 Å². The summed E-state index contributed by atoms with van der Waals surface area (Å²) in [6.45, 7) is 11.0. The second kappa shape index (κ2) is 9.88. The lowest BCUT2D eigenvalue weighted by Gasteiger charge is -2.32. The summed E-state index contributed by atoms with van der Waals surface area (Å²) >= 11 is 0. The molecule has 0 saturated carbocycles. The predicted molar refractivity (Wildman–Crippen MR) is 142 cm³/mol. The predicted octanol–water partition coefficient (Wildman–Crippen LogP) is 5.19. The minimum absolute atomic E-state index is 0.0760. The van der Waals surface area contributed by atoms with Crippen LogP contribution < -0.4 is 15.1 Å². The zero-order chi connectivity index (χ0) is 25.2. The normalized spacial score (nSPS) is 16.2. The molecule has 182 valence electrons. The van der Waals surface area contributed by atoms with Crippen LogP contribution in [0.2, 0.25) is 0 Å². The first-order valence-electron chi connectivity index (χ1n) is 12.0. The van der Waals surface area contributed by atoms with Crippen LogP contribution in [0.4, 0.5) is 5.69 Å². The molecule has 3 aromatic carbocycles. The fraction of sp³-hybridized carbons (Fsp3) is 0.345. The van der Waals surface area contributed by atoms with E-state index in [0.29, 0.717) is 6.54 Å². The van der Waals surface area contributed by atoms with Gasteiger partial charge >= 0.3 is 7.12 Å². The molecule has 0 spiro atoms. The van der Waals surface area contributed by atoms with Crippen LogP contribution in [0.1, 0.15) is 49.2 Å². The molecule has 0 unspecified atom stereocenters. The van der Waals surface area contributed by atoms with Crippen LogP contribution >= 0.6 is 0 Å². The summed E-state index contributed by atoms with van der Waals surface area (Å²) < 4.78 is 18.0. The van der Waals surface area contributed by atoms with Crippen molar-refractivity contribution in [1.29, 1.82) is 0 Å². The molecule has 1 saturated heterocycles. The number of benzene rings is 3. The highest BCUT2D eigenvalue weighted by Gasteiger charge is 2.52. The molecule has 0 radical (unpaired) electrons. The Hall–Kier alpha value is -3.09. The van der Waals surface area contributed by atoms with E-state index in [1.54, 1.807) is 7.11 Å². The average Bonchev–Trinajstić information content (AvgIpc) is 3.05. The third-order valence-corrected chi connectivity index (χ3v) is 7.14. The van der Waals surface area contributed by atoms with Crippen molar-refractivity contribution in [2.75, 3.05) is 18.6 Å². The fourth-order valence-corrected chi connectivity index (χ4v) is 4.26. The summed E-state index contributed by atoms with van der Waals surface area (Å²) in [6, 6.07) is 23.7. The maximum atomic E-state index is 13.4. The van der Waals surface area contributed by atoms with Gasteiger partial charge in [0.2, 0.25) is 0 Å². The van der Waals surface area contributed by atoms with E-state index in [-0.39, 0.29) is 12.3 Å². The molecule has 1 fully saturated rings. The first-order valence-corrected chi connectivity index (χ1v) is 12.0. The number of ether oxygens (including phenoxy) is 1. The summed E-state index contributed by atoms with van der Waals surface area (Å²) in [6.07, 6.45) is 0. The van der Waals surface area contributed by atoms with Gasteiger partial charge in [-0.05, 0) is 75.5 Å². The van der Waals surface area contributed by atoms with E-state index < -0.39 is 18.3 Å². The Morgan fingerprint density at radius 3 is 2.11 bits per heavy atom. The van der Waals surface area contributed by atoms with Gasteiger partial charge in [-0.25, -0.2) is 0 Å². The van der Waals surface area contributed by atoms with Gasteiger partial charge in [-0.15, -0.1) is 0 Å². The summed E-state index contributed by atoms with van der Waals surface area (Å²) in [5.74, 6) is 0.851. The van der Waals surface area contributed by atoms with Gasteiger partial charge in [0.25, 0.3) is 0 Å². The Morgan fingerprint density at radius 1 is 0.886 bits per heavy atom. The molecular formula is C29H34BNO4. The van der Waals surface area contributed by atoms with Crippen LogP contribution in [0, 0.1) is 6.92 Å². The van der Waals surface area contributed by atoms with Gasteiger partial charge in [0.1, 0.15) is 5.75 Å². The summed E-state index contributed by atoms with van der Waals surface area (Å²) in [7, 11) is 1.18. The Morgan fingerprint density at radius 2 is 1.49 bits per heavy atom. The lowest BCUT2D eigenvalue weighted by atomic mass is 9.76. The molecule has 1 aliphatic heterocycles. The van der Waals surface area contributed by atoms with E-state index in [9.17, 15) is 4.79 Å². The molecular weight excluding hydrogens is 437 g/mol. The van der Waals surface area contributed by atoms with Crippen molar-refractivity contribution < 1.29 is 18.8 Å². The van der Waals surface area contributed by atoms with Gasteiger partial charge in [-0.3, -0.25) is 4.79 Å². The molecule has 6 heteroatoms. The average molecular weight is 471 g/mol. The van der Waals surface area contributed by atoms with Crippen molar-refractivity contribution in [1.82, 2.24) is 0 Å². The van der Waals surface area contributed by atoms with Crippen molar-refractivity contribution in [2.24, 2.45) is 0 Å². The Bertz CT molecular complexity index is 1170. The largest absolute Gasteiger partial charge is 0.497 e. The van der Waals surface area contributed by atoms with E-state index >= 15 is 0 Å². The van der Waals surface area contributed by atoms with Crippen molar-refractivity contribution in [3.05, 3.63) is 89.5 Å². The number of carbonyl (C=O) groups excluding carboxylic acids is 1. The number of methoxy groups -OCH3 is 1. The second-order valence-corrected chi connectivity index (χ2v) is 10.1. The molecule has 3 aromatic rings. The van der Waals surface area contributed by atoms with Crippen molar-refractivity contribution >= 4 is 24.1 Å². The number of aryl methyl sites for hydroxylation is 1. The molecule has 0 N–H and O–H groups in total. The minimum Gasteiger partial charge on any atom is -0.497 e. The molecule has 5 nitrogen and oxygen atoms in total. The third kappa shape index (κ3) is 5.29. The monoisotopic (exact) mass is 471 g/mol. The smallest absolute Gasteiger partial charge is 0.495 e. The molecule has 1 aliphatic rings. The Labute approximate surface area is 209 Å². The fourth-order valence-electron chi connectivity index (χ4n) is 4.26. The highest BCUT2D eigenvalue weighted by Crippen LogP contribution is 2.36. The standard InChI is InChI=1S/C29H34BNO4/c1-21-11-7-9-13-25(21)27(32)20-31(23-15-17-24(33-6)18-16-23)19-22-12-8-10-14-26(22)30-34-28(2,3)29(4,5)35-30/h7-18H,19-20H2,1-6H3. The number of nitrogens with zero attached hydrogens (tertiary/aromatic N) is 1. The van der Waals surface area contributed by atoms with Crippen molar-refractivity contribution in [3.8, 4) is 5.75 Å². The quantitative estimate of drug-likeness (QED) is 0.334. The number of ketones is 1. The highest BCUT2D eigenvalue weighted by atomic mass is 16.7. The lowest BCUT2D eigenvalue weighted by Crippen LogP contribution is -2.41. The molecule has 35 heavy (non-hydrogen) atoms. The molecule has 0 atom stereocenters. The van der Waals surface area contributed by atoms with Crippen LogP contribution in [0.5, 0.6) is 5.75 Å². The summed E-state index contributed by atoms with van der Waals surface area (Å²) in [5, 5.41) is 0. The second-order valence-electron chi connectivity index (χ2n) is 10.1. The van der Waals surface area contributed by atoms with E-state index in [1.165, 1.54) is 0 Å². The lowest BCUT2D eigenvalue weighted by molar-refractivity contribution is 0.00578. The van der Waals surface area contributed by atoms with Gasteiger partial charge in [-0.2, -0.15) is 0 Å². The van der Waals surface area contributed by atoms with Gasteiger partial charge < -0.3 is 18.9 Å². The molecule has 1 heterocycles. The summed E-state index contributed by atoms with van der Waals surface area (Å²) in [5.41, 5.74) is 3.83. The van der Waals surface area contributed by atoms with Crippen LogP contribution in [-0.4, -0.2) is 37.8 Å². The molecule has 4 rings (SSSR count). The van der Waals surface area contributed by atoms with Gasteiger partial charge in [0.05, 0.1) is 24.9 Å². The zero-order valence-corrected chi connectivity index (χ0v) is 21.5. The number of hydrogen-bond acceptors (Lipinski definition) is 5. The summed E-state index contributed by atoms with van der Waals surface area (Å²) in [4.78, 5) is 15.5. The Kier molecular flexibility index (Phi) is 7.06. The minimum atomic E-state index is -0.471. The van der Waals surface area contributed by atoms with Crippen LogP contribution in [-0.2, 0) is 15.9 Å². The number of rotatable bonds is 8. The zero-order valence-electron chi connectivity index (χ0n) is 21.5. The maximum absolute atomic E-state index is 13.4. The molecule has 0 aliphatic carbocycles. The van der Waals surface area contributed by atoms with Crippen LogP contribution in [0.15, 0.2) is 72.8 Å².